The molecule has 0 aliphatic carbocycles. The lowest BCUT2D eigenvalue weighted by molar-refractivity contribution is -0.115. The third-order valence-electron chi connectivity index (χ3n) is 3.45. The van der Waals surface area contributed by atoms with Crippen LogP contribution in [0.25, 0.3) is 0 Å². The molecular formula is C15H13BrN2O3S2. The molecule has 1 amide bonds. The number of thioether (sulfide) groups is 1. The van der Waals surface area contributed by atoms with Gasteiger partial charge in [0.1, 0.15) is 5.37 Å². The zero-order chi connectivity index (χ0) is 16.6. The van der Waals surface area contributed by atoms with E-state index in [2.05, 4.69) is 15.9 Å². The van der Waals surface area contributed by atoms with Crippen LogP contribution in [0.15, 0.2) is 57.9 Å². The molecule has 0 aromatic heterocycles. The molecule has 1 heterocycles. The van der Waals surface area contributed by atoms with Crippen molar-refractivity contribution in [3.8, 4) is 0 Å². The molecule has 5 nitrogen and oxygen atoms in total. The van der Waals surface area contributed by atoms with Crippen LogP contribution in [0.2, 0.25) is 0 Å². The number of primary sulfonamides is 1. The van der Waals surface area contributed by atoms with Crippen molar-refractivity contribution in [2.45, 2.75) is 10.3 Å². The Balaban J connectivity index is 1.97. The molecule has 1 aliphatic heterocycles. The van der Waals surface area contributed by atoms with E-state index in [4.69, 9.17) is 5.14 Å². The van der Waals surface area contributed by atoms with Crippen molar-refractivity contribution in [3.05, 3.63) is 58.6 Å². The van der Waals surface area contributed by atoms with Crippen LogP contribution < -0.4 is 10.0 Å². The van der Waals surface area contributed by atoms with Gasteiger partial charge in [-0.25, -0.2) is 13.6 Å². The zero-order valence-electron chi connectivity index (χ0n) is 11.8. The largest absolute Gasteiger partial charge is 0.295 e. The van der Waals surface area contributed by atoms with E-state index in [0.29, 0.717) is 11.4 Å². The lowest BCUT2D eigenvalue weighted by Crippen LogP contribution is -2.27. The van der Waals surface area contributed by atoms with E-state index in [0.717, 1.165) is 10.0 Å². The molecule has 3 rings (SSSR count). The van der Waals surface area contributed by atoms with E-state index in [1.807, 2.05) is 24.3 Å². The third-order valence-corrected chi connectivity index (χ3v) is 6.08. The second-order valence-electron chi connectivity index (χ2n) is 5.02. The molecule has 120 valence electrons. The monoisotopic (exact) mass is 412 g/mol. The normalized spacial score (nSPS) is 18.4. The van der Waals surface area contributed by atoms with E-state index in [1.54, 1.807) is 17.0 Å². The van der Waals surface area contributed by atoms with Crippen LogP contribution in [0.5, 0.6) is 0 Å². The first kappa shape index (κ1) is 16.5. The van der Waals surface area contributed by atoms with E-state index < -0.39 is 10.0 Å². The molecule has 2 aromatic carbocycles. The van der Waals surface area contributed by atoms with Gasteiger partial charge in [-0.1, -0.05) is 28.1 Å². The molecular weight excluding hydrogens is 400 g/mol. The fraction of sp³-hybridized carbons (Fsp3) is 0.133. The second-order valence-corrected chi connectivity index (χ2v) is 8.57. The maximum atomic E-state index is 12.3. The van der Waals surface area contributed by atoms with Gasteiger partial charge < -0.3 is 0 Å². The first-order chi connectivity index (χ1) is 10.9. The number of carbonyl (C=O) groups excluding carboxylic acids is 1. The number of carbonyl (C=O) groups is 1. The molecule has 23 heavy (non-hydrogen) atoms. The van der Waals surface area contributed by atoms with E-state index in [1.165, 1.54) is 23.9 Å². The quantitative estimate of drug-likeness (QED) is 0.839. The van der Waals surface area contributed by atoms with Gasteiger partial charge in [-0.3, -0.25) is 9.69 Å². The number of sulfonamides is 1. The molecule has 1 saturated heterocycles. The van der Waals surface area contributed by atoms with Crippen LogP contribution in [0.1, 0.15) is 10.9 Å². The van der Waals surface area contributed by atoms with Crippen molar-refractivity contribution >= 4 is 49.3 Å². The summed E-state index contributed by atoms with van der Waals surface area (Å²) in [6.07, 6.45) is 0. The molecule has 0 spiro atoms. The molecule has 1 fully saturated rings. The van der Waals surface area contributed by atoms with Gasteiger partial charge in [0.05, 0.1) is 10.6 Å². The number of hydrogen-bond donors (Lipinski definition) is 1. The minimum Gasteiger partial charge on any atom is -0.295 e. The van der Waals surface area contributed by atoms with Crippen LogP contribution in [-0.2, 0) is 14.8 Å². The highest BCUT2D eigenvalue weighted by Crippen LogP contribution is 2.42. The Morgan fingerprint density at radius 1 is 1.17 bits per heavy atom. The smallest absolute Gasteiger partial charge is 0.238 e. The van der Waals surface area contributed by atoms with Crippen molar-refractivity contribution in [1.29, 1.82) is 0 Å². The van der Waals surface area contributed by atoms with Crippen LogP contribution in [-0.4, -0.2) is 20.1 Å². The van der Waals surface area contributed by atoms with E-state index in [-0.39, 0.29) is 16.2 Å². The number of rotatable bonds is 3. The summed E-state index contributed by atoms with van der Waals surface area (Å²) in [6.45, 7) is 0. The molecule has 8 heteroatoms. The number of benzene rings is 2. The van der Waals surface area contributed by atoms with Crippen molar-refractivity contribution in [2.24, 2.45) is 5.14 Å². The maximum Gasteiger partial charge on any atom is 0.238 e. The molecule has 1 aliphatic rings. The Hall–Kier alpha value is -1.35. The highest BCUT2D eigenvalue weighted by atomic mass is 79.9. The standard InChI is InChI=1S/C15H13BrN2O3S2/c16-11-3-1-2-10(8-11)15-18(14(19)9-22-15)12-4-6-13(7-5-12)23(17,20)21/h1-8,15H,9H2,(H2,17,20,21). The summed E-state index contributed by atoms with van der Waals surface area (Å²) >= 11 is 4.98. The average molecular weight is 413 g/mol. The number of amides is 1. The van der Waals surface area contributed by atoms with Gasteiger partial charge >= 0.3 is 0 Å². The Labute approximate surface area is 147 Å². The van der Waals surface area contributed by atoms with Gasteiger partial charge in [0.15, 0.2) is 0 Å². The number of anilines is 1. The Morgan fingerprint density at radius 3 is 2.48 bits per heavy atom. The molecule has 0 radical (unpaired) electrons. The highest BCUT2D eigenvalue weighted by Gasteiger charge is 2.34. The molecule has 2 aromatic rings. The van der Waals surface area contributed by atoms with Crippen molar-refractivity contribution in [2.75, 3.05) is 10.7 Å². The lowest BCUT2D eigenvalue weighted by atomic mass is 10.2. The Kier molecular flexibility index (Phi) is 4.50. The predicted octanol–water partition coefficient (Wildman–Crippen LogP) is 2.88. The SMILES string of the molecule is NS(=O)(=O)c1ccc(N2C(=O)CSC2c2cccc(Br)c2)cc1. The summed E-state index contributed by atoms with van der Waals surface area (Å²) in [5.74, 6) is 0.372. The molecule has 2 N–H and O–H groups in total. The van der Waals surface area contributed by atoms with Crippen LogP contribution in [0.4, 0.5) is 5.69 Å². The first-order valence-corrected chi connectivity index (χ1v) is 10.1. The van der Waals surface area contributed by atoms with Crippen LogP contribution >= 0.6 is 27.7 Å². The van der Waals surface area contributed by atoms with Crippen molar-refractivity contribution in [1.82, 2.24) is 0 Å². The third kappa shape index (κ3) is 3.45. The van der Waals surface area contributed by atoms with Gasteiger partial charge in [0.2, 0.25) is 15.9 Å². The van der Waals surface area contributed by atoms with Crippen molar-refractivity contribution < 1.29 is 13.2 Å². The molecule has 1 atom stereocenters. The summed E-state index contributed by atoms with van der Waals surface area (Å²) in [6, 6.07) is 13.8. The fourth-order valence-electron chi connectivity index (χ4n) is 2.41. The Morgan fingerprint density at radius 2 is 1.87 bits per heavy atom. The maximum absolute atomic E-state index is 12.3. The Bertz CT molecular complexity index is 853. The minimum absolute atomic E-state index is 0.0108. The predicted molar refractivity (Wildman–Crippen MR) is 94.6 cm³/mol. The van der Waals surface area contributed by atoms with Gasteiger partial charge in [-0.15, -0.1) is 11.8 Å². The lowest BCUT2D eigenvalue weighted by Gasteiger charge is -2.24. The van der Waals surface area contributed by atoms with Crippen molar-refractivity contribution in [3.63, 3.8) is 0 Å². The summed E-state index contributed by atoms with van der Waals surface area (Å²) in [5, 5.41) is 4.97. The summed E-state index contributed by atoms with van der Waals surface area (Å²) < 4.78 is 23.6. The second kappa shape index (κ2) is 6.27. The van der Waals surface area contributed by atoms with Crippen LogP contribution in [0.3, 0.4) is 0 Å². The number of halogens is 1. The van der Waals surface area contributed by atoms with E-state index in [9.17, 15) is 13.2 Å². The number of nitrogens with two attached hydrogens (primary N) is 1. The zero-order valence-corrected chi connectivity index (χ0v) is 15.1. The molecule has 0 bridgehead atoms. The molecule has 0 saturated carbocycles. The van der Waals surface area contributed by atoms with Gasteiger partial charge in [0, 0.05) is 10.2 Å². The number of nitrogens with zero attached hydrogens (tertiary/aromatic N) is 1. The average Bonchev–Trinajstić information content (AvgIpc) is 2.88. The fourth-order valence-corrected chi connectivity index (χ4v) is 4.51. The van der Waals surface area contributed by atoms with E-state index >= 15 is 0 Å². The van der Waals surface area contributed by atoms with Crippen LogP contribution in [0, 0.1) is 0 Å². The summed E-state index contributed by atoms with van der Waals surface area (Å²) in [4.78, 5) is 14.0. The topological polar surface area (TPSA) is 80.5 Å². The first-order valence-electron chi connectivity index (χ1n) is 6.68. The molecule has 1 unspecified atom stereocenters. The minimum atomic E-state index is -3.74. The van der Waals surface area contributed by atoms with Gasteiger partial charge in [-0.2, -0.15) is 0 Å². The van der Waals surface area contributed by atoms with Gasteiger partial charge in [0.25, 0.3) is 0 Å². The highest BCUT2D eigenvalue weighted by molar-refractivity contribution is 9.10. The van der Waals surface area contributed by atoms with Gasteiger partial charge in [-0.05, 0) is 42.0 Å². The summed E-state index contributed by atoms with van der Waals surface area (Å²) in [5.41, 5.74) is 1.66. The summed E-state index contributed by atoms with van der Waals surface area (Å²) in [7, 11) is -3.74. The number of hydrogen-bond acceptors (Lipinski definition) is 4.